The van der Waals surface area contributed by atoms with E-state index in [9.17, 15) is 19.5 Å². The molecule has 6 nitrogen and oxygen atoms in total. The van der Waals surface area contributed by atoms with Gasteiger partial charge in [-0.15, -0.1) is 0 Å². The highest BCUT2D eigenvalue weighted by atomic mass is 35.5. The number of nitrogens with two attached hydrogens (primary N) is 1. The molecule has 3 aromatic rings. The third-order valence-electron chi connectivity index (χ3n) is 6.73. The van der Waals surface area contributed by atoms with E-state index in [1.807, 2.05) is 50.2 Å². The highest BCUT2D eigenvalue weighted by molar-refractivity contribution is 6.30. The molecular weight excluding hydrogens is 476 g/mol. The molecule has 1 aliphatic carbocycles. The molecular formula is C29H29ClN2O4. The lowest BCUT2D eigenvalue weighted by atomic mass is 9.89. The fraction of sp³-hybridized carbons (Fsp3) is 0.276. The maximum Gasteiger partial charge on any atom is 0.303 e. The van der Waals surface area contributed by atoms with Crippen LogP contribution >= 0.6 is 11.6 Å². The molecule has 36 heavy (non-hydrogen) atoms. The Hall–Kier alpha value is -3.64. The van der Waals surface area contributed by atoms with E-state index >= 15 is 0 Å². The average molecular weight is 505 g/mol. The van der Waals surface area contributed by atoms with E-state index in [1.165, 1.54) is 10.5 Å². The van der Waals surface area contributed by atoms with Gasteiger partial charge in [0.1, 0.15) is 6.04 Å². The van der Waals surface area contributed by atoms with E-state index in [1.54, 1.807) is 18.2 Å². The summed E-state index contributed by atoms with van der Waals surface area (Å²) in [5.74, 6) is -2.15. The molecule has 0 aliphatic heterocycles. The Kier molecular flexibility index (Phi) is 7.18. The lowest BCUT2D eigenvalue weighted by Crippen LogP contribution is -2.58. The van der Waals surface area contributed by atoms with Crippen LogP contribution in [0.5, 0.6) is 0 Å². The van der Waals surface area contributed by atoms with Crippen molar-refractivity contribution in [2.75, 3.05) is 0 Å². The fourth-order valence-electron chi connectivity index (χ4n) is 5.10. The predicted octanol–water partition coefficient (Wildman–Crippen LogP) is 5.09. The SMILES string of the molecule is CC(C)(Cc1ccc(Cl)cc1)N(C(=O)c1ccc2c(c1)Cc1ccccc1-2)[C@@H](CCC(=O)O)C(N)=O. The van der Waals surface area contributed by atoms with Crippen LogP contribution in [0.15, 0.2) is 66.7 Å². The van der Waals surface area contributed by atoms with Gasteiger partial charge in [0.15, 0.2) is 0 Å². The lowest BCUT2D eigenvalue weighted by Gasteiger charge is -2.43. The number of rotatable bonds is 9. The van der Waals surface area contributed by atoms with Gasteiger partial charge in [-0.1, -0.05) is 54.1 Å². The van der Waals surface area contributed by atoms with Gasteiger partial charge in [0.2, 0.25) is 5.91 Å². The second-order valence-corrected chi connectivity index (χ2v) is 10.3. The summed E-state index contributed by atoms with van der Waals surface area (Å²) in [4.78, 5) is 39.4. The number of carbonyl (C=O) groups is 3. The van der Waals surface area contributed by atoms with Gasteiger partial charge >= 0.3 is 5.97 Å². The number of fused-ring (bicyclic) bond motifs is 3. The van der Waals surface area contributed by atoms with Gasteiger partial charge in [-0.3, -0.25) is 14.4 Å². The smallest absolute Gasteiger partial charge is 0.303 e. The molecule has 7 heteroatoms. The largest absolute Gasteiger partial charge is 0.481 e. The number of nitrogens with zero attached hydrogens (tertiary/aromatic N) is 1. The molecule has 3 aromatic carbocycles. The van der Waals surface area contributed by atoms with Crippen LogP contribution in [0.2, 0.25) is 5.02 Å². The Morgan fingerprint density at radius 1 is 1.00 bits per heavy atom. The minimum Gasteiger partial charge on any atom is -0.481 e. The third-order valence-corrected chi connectivity index (χ3v) is 6.99. The zero-order valence-electron chi connectivity index (χ0n) is 20.3. The van der Waals surface area contributed by atoms with Crippen molar-refractivity contribution in [3.63, 3.8) is 0 Å². The number of primary amides is 1. The molecule has 0 unspecified atom stereocenters. The van der Waals surface area contributed by atoms with Crippen molar-refractivity contribution in [3.8, 4) is 11.1 Å². The number of hydrogen-bond donors (Lipinski definition) is 2. The predicted molar refractivity (Wildman–Crippen MR) is 140 cm³/mol. The molecule has 186 valence electrons. The lowest BCUT2D eigenvalue weighted by molar-refractivity contribution is -0.137. The molecule has 1 atom stereocenters. The first-order valence-electron chi connectivity index (χ1n) is 11.9. The Balaban J connectivity index is 1.72. The molecule has 0 aromatic heterocycles. The average Bonchev–Trinajstić information content (AvgIpc) is 3.20. The summed E-state index contributed by atoms with van der Waals surface area (Å²) in [7, 11) is 0. The molecule has 0 bridgehead atoms. The molecule has 0 heterocycles. The molecule has 0 spiro atoms. The number of carbonyl (C=O) groups excluding carboxylic acids is 2. The van der Waals surface area contributed by atoms with Crippen LogP contribution in [0, 0.1) is 0 Å². The van der Waals surface area contributed by atoms with Gasteiger partial charge in [-0.25, -0.2) is 0 Å². The van der Waals surface area contributed by atoms with Crippen LogP contribution in [0.4, 0.5) is 0 Å². The molecule has 0 saturated carbocycles. The second kappa shape index (κ2) is 10.2. The minimum atomic E-state index is -1.08. The summed E-state index contributed by atoms with van der Waals surface area (Å²) in [6.07, 6.45) is 0.785. The van der Waals surface area contributed by atoms with Gasteiger partial charge in [0.05, 0.1) is 0 Å². The van der Waals surface area contributed by atoms with Crippen molar-refractivity contribution < 1.29 is 19.5 Å². The van der Waals surface area contributed by atoms with Gasteiger partial charge in [-0.05, 0) is 85.2 Å². The summed E-state index contributed by atoms with van der Waals surface area (Å²) in [5.41, 5.74) is 10.7. The van der Waals surface area contributed by atoms with Crippen LogP contribution in [0.25, 0.3) is 11.1 Å². The van der Waals surface area contributed by atoms with E-state index in [4.69, 9.17) is 17.3 Å². The van der Waals surface area contributed by atoms with Crippen molar-refractivity contribution in [2.24, 2.45) is 5.73 Å². The Morgan fingerprint density at radius 3 is 2.33 bits per heavy atom. The van der Waals surface area contributed by atoms with Gasteiger partial charge in [-0.2, -0.15) is 0 Å². The van der Waals surface area contributed by atoms with Gasteiger partial charge in [0.25, 0.3) is 5.91 Å². The molecule has 0 fully saturated rings. The van der Waals surface area contributed by atoms with Gasteiger partial charge < -0.3 is 15.7 Å². The first-order valence-corrected chi connectivity index (χ1v) is 12.2. The highest BCUT2D eigenvalue weighted by Gasteiger charge is 2.40. The topological polar surface area (TPSA) is 101 Å². The number of carboxylic acids is 1. The first-order chi connectivity index (χ1) is 17.1. The maximum atomic E-state index is 14.0. The monoisotopic (exact) mass is 504 g/mol. The third kappa shape index (κ3) is 5.29. The van der Waals surface area contributed by atoms with Crippen molar-refractivity contribution in [1.82, 2.24) is 4.90 Å². The number of carboxylic acid groups (broad SMARTS) is 1. The summed E-state index contributed by atoms with van der Waals surface area (Å²) in [5, 5.41) is 9.87. The van der Waals surface area contributed by atoms with Crippen LogP contribution in [-0.2, 0) is 22.4 Å². The van der Waals surface area contributed by atoms with Crippen LogP contribution < -0.4 is 5.73 Å². The zero-order valence-corrected chi connectivity index (χ0v) is 21.1. The van der Waals surface area contributed by atoms with E-state index in [2.05, 4.69) is 12.1 Å². The molecule has 1 aliphatic rings. The van der Waals surface area contributed by atoms with Crippen molar-refractivity contribution >= 4 is 29.4 Å². The molecule has 4 rings (SSSR count). The highest BCUT2D eigenvalue weighted by Crippen LogP contribution is 2.37. The summed E-state index contributed by atoms with van der Waals surface area (Å²) < 4.78 is 0. The Bertz CT molecular complexity index is 1320. The fourth-order valence-corrected chi connectivity index (χ4v) is 5.23. The van der Waals surface area contributed by atoms with E-state index in [0.29, 0.717) is 17.0 Å². The van der Waals surface area contributed by atoms with Crippen LogP contribution in [0.1, 0.15) is 53.7 Å². The minimum absolute atomic E-state index is 0.0726. The number of hydrogen-bond acceptors (Lipinski definition) is 3. The number of amides is 2. The van der Waals surface area contributed by atoms with E-state index in [-0.39, 0.29) is 18.7 Å². The summed E-state index contributed by atoms with van der Waals surface area (Å²) in [6.45, 7) is 3.72. The normalized spacial score (nSPS) is 13.0. The quantitative estimate of drug-likeness (QED) is 0.331. The van der Waals surface area contributed by atoms with Gasteiger partial charge in [0, 0.05) is 22.5 Å². The molecule has 0 radical (unpaired) electrons. The molecule has 0 saturated heterocycles. The number of aliphatic carboxylic acids is 1. The first kappa shape index (κ1) is 25.5. The van der Waals surface area contributed by atoms with E-state index < -0.39 is 23.5 Å². The number of halogens is 1. The number of benzene rings is 3. The van der Waals surface area contributed by atoms with Crippen molar-refractivity contribution in [2.45, 2.75) is 51.1 Å². The standard InChI is InChI=1S/C29H29ClN2O4/c1-29(2,17-18-7-10-22(30)11-8-18)32(25(27(31)35)13-14-26(33)34)28(36)20-9-12-24-21(16-20)15-19-5-3-4-6-23(19)24/h3-12,16,25H,13-15,17H2,1-2H3,(H2,31,35)(H,33,34)/t25-/m0/s1. The Morgan fingerprint density at radius 2 is 1.67 bits per heavy atom. The zero-order chi connectivity index (χ0) is 26.0. The maximum absolute atomic E-state index is 14.0. The molecule has 2 amide bonds. The summed E-state index contributed by atoms with van der Waals surface area (Å²) >= 11 is 6.04. The molecule has 3 N–H and O–H groups in total. The summed E-state index contributed by atoms with van der Waals surface area (Å²) in [6, 6.07) is 19.9. The van der Waals surface area contributed by atoms with Crippen LogP contribution in [0.3, 0.4) is 0 Å². The van der Waals surface area contributed by atoms with Crippen molar-refractivity contribution in [1.29, 1.82) is 0 Å². The Labute approximate surface area is 215 Å². The van der Waals surface area contributed by atoms with Crippen molar-refractivity contribution in [3.05, 3.63) is 94.0 Å². The second-order valence-electron chi connectivity index (χ2n) is 9.85. The van der Waals surface area contributed by atoms with Crippen LogP contribution in [-0.4, -0.2) is 39.4 Å². The van der Waals surface area contributed by atoms with E-state index in [0.717, 1.165) is 28.7 Å².